The SMILES string of the molecule is COC(=O)/C=C1\c2ccccc2NC(=O)N[C@H]1Cc1ccccc1. The van der Waals surface area contributed by atoms with E-state index in [1.165, 1.54) is 13.2 Å². The minimum Gasteiger partial charge on any atom is -0.466 e. The standard InChI is InChI=1S/C19H18N2O3/c1-24-18(22)12-15-14-9-5-6-10-16(14)20-19(23)21-17(15)11-13-7-3-2-4-8-13/h2-10,12,17H,11H2,1H3,(H2,20,21,23)/b15-12+/t17-/m0/s1. The molecule has 0 saturated carbocycles. The second kappa shape index (κ2) is 7.00. The number of amides is 2. The summed E-state index contributed by atoms with van der Waals surface area (Å²) in [6.45, 7) is 0. The molecule has 1 atom stereocenters. The van der Waals surface area contributed by atoms with E-state index >= 15 is 0 Å². The molecule has 24 heavy (non-hydrogen) atoms. The van der Waals surface area contributed by atoms with Crippen LogP contribution in [0.4, 0.5) is 10.5 Å². The van der Waals surface area contributed by atoms with Gasteiger partial charge in [0, 0.05) is 17.3 Å². The number of nitrogens with one attached hydrogen (secondary N) is 2. The number of para-hydroxylation sites is 1. The predicted octanol–water partition coefficient (Wildman–Crippen LogP) is 2.99. The molecule has 1 aliphatic rings. The molecule has 1 aliphatic heterocycles. The molecule has 0 aromatic heterocycles. The van der Waals surface area contributed by atoms with Gasteiger partial charge in [0.15, 0.2) is 0 Å². The monoisotopic (exact) mass is 322 g/mol. The first-order valence-electron chi connectivity index (χ1n) is 7.68. The summed E-state index contributed by atoms with van der Waals surface area (Å²) in [5, 5.41) is 5.74. The van der Waals surface area contributed by atoms with Crippen molar-refractivity contribution in [3.63, 3.8) is 0 Å². The molecule has 2 aromatic rings. The zero-order chi connectivity index (χ0) is 16.9. The van der Waals surface area contributed by atoms with Crippen molar-refractivity contribution in [2.45, 2.75) is 12.5 Å². The Morgan fingerprint density at radius 3 is 2.58 bits per heavy atom. The molecule has 1 heterocycles. The molecule has 2 amide bonds. The van der Waals surface area contributed by atoms with E-state index in [4.69, 9.17) is 4.74 Å². The van der Waals surface area contributed by atoms with Crippen molar-refractivity contribution < 1.29 is 14.3 Å². The number of urea groups is 1. The number of rotatable bonds is 3. The van der Waals surface area contributed by atoms with Crippen LogP contribution in [0.2, 0.25) is 0 Å². The van der Waals surface area contributed by atoms with E-state index < -0.39 is 5.97 Å². The normalized spacial score (nSPS) is 18.1. The summed E-state index contributed by atoms with van der Waals surface area (Å²) in [5.74, 6) is -0.450. The number of benzene rings is 2. The van der Waals surface area contributed by atoms with E-state index in [1.54, 1.807) is 0 Å². The average molecular weight is 322 g/mol. The van der Waals surface area contributed by atoms with Crippen LogP contribution < -0.4 is 10.6 Å². The van der Waals surface area contributed by atoms with E-state index in [1.807, 2.05) is 54.6 Å². The highest BCUT2D eigenvalue weighted by Gasteiger charge is 2.26. The van der Waals surface area contributed by atoms with Crippen molar-refractivity contribution in [3.8, 4) is 0 Å². The first-order chi connectivity index (χ1) is 11.7. The fraction of sp³-hybridized carbons (Fsp3) is 0.158. The maximum Gasteiger partial charge on any atom is 0.330 e. The van der Waals surface area contributed by atoms with Gasteiger partial charge >= 0.3 is 12.0 Å². The van der Waals surface area contributed by atoms with Crippen LogP contribution in [-0.4, -0.2) is 25.2 Å². The first-order valence-corrected chi connectivity index (χ1v) is 7.68. The topological polar surface area (TPSA) is 67.4 Å². The fourth-order valence-corrected chi connectivity index (χ4v) is 2.80. The summed E-state index contributed by atoms with van der Waals surface area (Å²) in [4.78, 5) is 24.0. The van der Waals surface area contributed by atoms with Gasteiger partial charge in [0.2, 0.25) is 0 Å². The van der Waals surface area contributed by atoms with Crippen LogP contribution in [0.3, 0.4) is 0 Å². The van der Waals surface area contributed by atoms with Gasteiger partial charge in [-0.25, -0.2) is 9.59 Å². The highest BCUT2D eigenvalue weighted by Crippen LogP contribution is 2.30. The van der Waals surface area contributed by atoms with Crippen LogP contribution in [0.15, 0.2) is 60.7 Å². The van der Waals surface area contributed by atoms with Gasteiger partial charge in [-0.05, 0) is 23.6 Å². The Kier molecular flexibility index (Phi) is 4.61. The Morgan fingerprint density at radius 2 is 1.83 bits per heavy atom. The molecule has 0 radical (unpaired) electrons. The van der Waals surface area contributed by atoms with Crippen molar-refractivity contribution >= 4 is 23.3 Å². The van der Waals surface area contributed by atoms with Crippen LogP contribution >= 0.6 is 0 Å². The number of anilines is 1. The maximum absolute atomic E-state index is 12.2. The highest BCUT2D eigenvalue weighted by molar-refractivity contribution is 6.01. The minimum absolute atomic E-state index is 0.295. The fourth-order valence-electron chi connectivity index (χ4n) is 2.80. The largest absolute Gasteiger partial charge is 0.466 e. The van der Waals surface area contributed by atoms with Gasteiger partial charge in [0.05, 0.1) is 13.2 Å². The average Bonchev–Trinajstić information content (AvgIpc) is 2.72. The van der Waals surface area contributed by atoms with Gasteiger partial charge in [-0.15, -0.1) is 0 Å². The number of methoxy groups -OCH3 is 1. The minimum atomic E-state index is -0.450. The number of carbonyl (C=O) groups is 2. The van der Waals surface area contributed by atoms with Gasteiger partial charge in [-0.3, -0.25) is 0 Å². The molecule has 3 rings (SSSR count). The van der Waals surface area contributed by atoms with Gasteiger partial charge in [0.1, 0.15) is 0 Å². The molecular weight excluding hydrogens is 304 g/mol. The number of hydrogen-bond acceptors (Lipinski definition) is 3. The summed E-state index contributed by atoms with van der Waals surface area (Å²) in [6, 6.07) is 16.6. The zero-order valence-corrected chi connectivity index (χ0v) is 13.3. The second-order valence-electron chi connectivity index (χ2n) is 5.51. The van der Waals surface area contributed by atoms with E-state index in [2.05, 4.69) is 10.6 Å². The van der Waals surface area contributed by atoms with Crippen LogP contribution in [0.25, 0.3) is 5.57 Å². The lowest BCUT2D eigenvalue weighted by Crippen LogP contribution is -2.38. The van der Waals surface area contributed by atoms with Crippen LogP contribution in [-0.2, 0) is 16.0 Å². The predicted molar refractivity (Wildman–Crippen MR) is 92.5 cm³/mol. The number of esters is 1. The quantitative estimate of drug-likeness (QED) is 0.674. The number of ether oxygens (including phenoxy) is 1. The van der Waals surface area contributed by atoms with E-state index in [0.29, 0.717) is 12.1 Å². The summed E-state index contributed by atoms with van der Waals surface area (Å²) in [5.41, 5.74) is 3.26. The highest BCUT2D eigenvalue weighted by atomic mass is 16.5. The molecule has 0 aliphatic carbocycles. The Bertz CT molecular complexity index is 784. The van der Waals surface area contributed by atoms with E-state index in [9.17, 15) is 9.59 Å². The summed E-state index contributed by atoms with van der Waals surface area (Å²) in [6.07, 6.45) is 2.02. The lowest BCUT2D eigenvalue weighted by atomic mass is 9.92. The third-order valence-corrected chi connectivity index (χ3v) is 3.92. The Hall–Kier alpha value is -3.08. The molecule has 0 fully saturated rings. The summed E-state index contributed by atoms with van der Waals surface area (Å²) >= 11 is 0. The van der Waals surface area contributed by atoms with Gasteiger partial charge < -0.3 is 15.4 Å². The van der Waals surface area contributed by atoms with Crippen molar-refractivity contribution in [3.05, 3.63) is 71.8 Å². The lowest BCUT2D eigenvalue weighted by molar-refractivity contribution is -0.134. The van der Waals surface area contributed by atoms with Crippen molar-refractivity contribution in [2.75, 3.05) is 12.4 Å². The molecule has 2 aromatic carbocycles. The molecule has 0 saturated heterocycles. The Morgan fingerprint density at radius 1 is 1.12 bits per heavy atom. The van der Waals surface area contributed by atoms with Crippen LogP contribution in [0.1, 0.15) is 11.1 Å². The molecule has 5 heteroatoms. The second-order valence-corrected chi connectivity index (χ2v) is 5.51. The van der Waals surface area contributed by atoms with Crippen molar-refractivity contribution in [1.82, 2.24) is 5.32 Å². The lowest BCUT2D eigenvalue weighted by Gasteiger charge is -2.19. The Labute approximate surface area is 140 Å². The van der Waals surface area contributed by atoms with E-state index in [-0.39, 0.29) is 12.1 Å². The molecule has 0 spiro atoms. The third kappa shape index (κ3) is 3.46. The number of carbonyl (C=O) groups excluding carboxylic acids is 2. The van der Waals surface area contributed by atoms with Gasteiger partial charge in [-0.2, -0.15) is 0 Å². The molecular formula is C19H18N2O3. The molecule has 122 valence electrons. The number of fused-ring (bicyclic) bond motifs is 1. The first kappa shape index (κ1) is 15.8. The third-order valence-electron chi connectivity index (χ3n) is 3.92. The smallest absolute Gasteiger partial charge is 0.330 e. The molecule has 0 bridgehead atoms. The molecule has 2 N–H and O–H groups in total. The van der Waals surface area contributed by atoms with Crippen LogP contribution in [0, 0.1) is 0 Å². The molecule has 0 unspecified atom stereocenters. The maximum atomic E-state index is 12.2. The van der Waals surface area contributed by atoms with Crippen molar-refractivity contribution in [1.29, 1.82) is 0 Å². The van der Waals surface area contributed by atoms with Gasteiger partial charge in [-0.1, -0.05) is 48.5 Å². The van der Waals surface area contributed by atoms with Crippen LogP contribution in [0.5, 0.6) is 0 Å². The van der Waals surface area contributed by atoms with Crippen molar-refractivity contribution in [2.24, 2.45) is 0 Å². The van der Waals surface area contributed by atoms with E-state index in [0.717, 1.165) is 16.7 Å². The summed E-state index contributed by atoms with van der Waals surface area (Å²) < 4.78 is 4.79. The molecule has 5 nitrogen and oxygen atoms in total. The summed E-state index contributed by atoms with van der Waals surface area (Å²) in [7, 11) is 1.34. The Balaban J connectivity index is 2.05. The number of hydrogen-bond donors (Lipinski definition) is 2. The zero-order valence-electron chi connectivity index (χ0n) is 13.3. The van der Waals surface area contributed by atoms with Gasteiger partial charge in [0.25, 0.3) is 0 Å².